The normalized spacial score (nSPS) is 12.3. The maximum absolute atomic E-state index is 13.7. The van der Waals surface area contributed by atoms with E-state index < -0.39 is 11.7 Å². The Bertz CT molecular complexity index is 529. The molecule has 1 aromatic carbocycles. The minimum absolute atomic E-state index is 0.0113. The van der Waals surface area contributed by atoms with Crippen LogP contribution in [-0.2, 0) is 4.79 Å². The zero-order valence-corrected chi connectivity index (χ0v) is 11.9. The second kappa shape index (κ2) is 6.47. The summed E-state index contributed by atoms with van der Waals surface area (Å²) in [6.07, 6.45) is 0. The van der Waals surface area contributed by atoms with E-state index in [1.165, 1.54) is 13.0 Å². The van der Waals surface area contributed by atoms with Crippen LogP contribution >= 0.6 is 0 Å². The Morgan fingerprint density at radius 3 is 2.40 bits per heavy atom. The Hall–Kier alpha value is -1.95. The van der Waals surface area contributed by atoms with Crippen LogP contribution in [0.4, 0.5) is 10.1 Å². The summed E-state index contributed by atoms with van der Waals surface area (Å²) in [4.78, 5) is 23.2. The summed E-state index contributed by atoms with van der Waals surface area (Å²) in [7, 11) is 0. The summed E-state index contributed by atoms with van der Waals surface area (Å²) >= 11 is 0. The van der Waals surface area contributed by atoms with Crippen LogP contribution in [0.1, 0.15) is 29.8 Å². The van der Waals surface area contributed by atoms with Crippen LogP contribution in [0.15, 0.2) is 12.1 Å². The van der Waals surface area contributed by atoms with Crippen molar-refractivity contribution in [3.8, 4) is 0 Å². The third-order valence-electron chi connectivity index (χ3n) is 3.28. The van der Waals surface area contributed by atoms with Crippen molar-refractivity contribution >= 4 is 17.5 Å². The van der Waals surface area contributed by atoms with Gasteiger partial charge in [-0.3, -0.25) is 9.59 Å². The summed E-state index contributed by atoms with van der Waals surface area (Å²) in [5, 5.41) is 2.61. The summed E-state index contributed by atoms with van der Waals surface area (Å²) in [5.41, 5.74) is 11.2. The minimum Gasteiger partial charge on any atom is -0.366 e. The molecule has 0 spiro atoms. The van der Waals surface area contributed by atoms with Crippen molar-refractivity contribution in [2.75, 3.05) is 11.9 Å². The fraction of sp³-hybridized carbons (Fsp3) is 0.429. The van der Waals surface area contributed by atoms with Crippen LogP contribution in [-0.4, -0.2) is 18.4 Å². The summed E-state index contributed by atoms with van der Waals surface area (Å²) in [6.45, 7) is 5.47. The number of benzene rings is 1. The van der Waals surface area contributed by atoms with Crippen LogP contribution in [0, 0.1) is 24.6 Å². The van der Waals surface area contributed by atoms with Gasteiger partial charge in [0.2, 0.25) is 11.8 Å². The van der Waals surface area contributed by atoms with E-state index in [-0.39, 0.29) is 41.1 Å². The molecule has 1 rings (SSSR count). The molecule has 5 nitrogen and oxygen atoms in total. The van der Waals surface area contributed by atoms with Gasteiger partial charge in [0.1, 0.15) is 5.82 Å². The Morgan fingerprint density at radius 2 is 1.95 bits per heavy atom. The van der Waals surface area contributed by atoms with Crippen molar-refractivity contribution in [3.05, 3.63) is 29.1 Å². The number of anilines is 1. The van der Waals surface area contributed by atoms with Gasteiger partial charge in [-0.05, 0) is 25.0 Å². The molecule has 1 unspecified atom stereocenters. The molecule has 0 radical (unpaired) electrons. The molecule has 110 valence electrons. The van der Waals surface area contributed by atoms with Crippen LogP contribution in [0.5, 0.6) is 0 Å². The van der Waals surface area contributed by atoms with Gasteiger partial charge < -0.3 is 16.8 Å². The third kappa shape index (κ3) is 3.54. The van der Waals surface area contributed by atoms with Gasteiger partial charge >= 0.3 is 0 Å². The molecule has 0 fully saturated rings. The van der Waals surface area contributed by atoms with E-state index in [1.54, 1.807) is 0 Å². The van der Waals surface area contributed by atoms with E-state index in [4.69, 9.17) is 11.5 Å². The van der Waals surface area contributed by atoms with E-state index in [9.17, 15) is 14.0 Å². The number of amides is 2. The zero-order valence-electron chi connectivity index (χ0n) is 11.9. The van der Waals surface area contributed by atoms with Gasteiger partial charge in [0.05, 0.1) is 5.92 Å². The first-order chi connectivity index (χ1) is 9.27. The van der Waals surface area contributed by atoms with Crippen molar-refractivity contribution in [3.63, 3.8) is 0 Å². The van der Waals surface area contributed by atoms with Crippen molar-refractivity contribution in [2.45, 2.75) is 20.8 Å². The van der Waals surface area contributed by atoms with Crippen molar-refractivity contribution in [2.24, 2.45) is 23.3 Å². The van der Waals surface area contributed by atoms with Crippen LogP contribution in [0.25, 0.3) is 0 Å². The van der Waals surface area contributed by atoms with Crippen molar-refractivity contribution < 1.29 is 14.0 Å². The first kappa shape index (κ1) is 16.1. The number of hydrogen-bond donors (Lipinski definition) is 3. The molecule has 0 saturated heterocycles. The molecule has 0 aliphatic rings. The number of nitrogens with two attached hydrogens (primary N) is 2. The predicted molar refractivity (Wildman–Crippen MR) is 75.7 cm³/mol. The lowest BCUT2D eigenvalue weighted by molar-refractivity contribution is -0.120. The summed E-state index contributed by atoms with van der Waals surface area (Å²) in [5.74, 6) is -1.96. The highest BCUT2D eigenvalue weighted by molar-refractivity contribution is 5.97. The van der Waals surface area contributed by atoms with Gasteiger partial charge in [0, 0.05) is 23.4 Å². The Labute approximate surface area is 117 Å². The standard InChI is InChI=1S/C14H20FN3O2/c1-7(2)10(6-16)14(20)18-12-5-9(13(17)19)4-11(15)8(12)3/h4-5,7,10H,6,16H2,1-3H3,(H2,17,19)(H,18,20). The summed E-state index contributed by atoms with van der Waals surface area (Å²) in [6, 6.07) is 2.42. The maximum atomic E-state index is 13.7. The minimum atomic E-state index is -0.751. The number of rotatable bonds is 5. The predicted octanol–water partition coefficient (Wildman–Crippen LogP) is 1.40. The number of halogens is 1. The number of carbonyl (C=O) groups is 2. The first-order valence-electron chi connectivity index (χ1n) is 6.38. The van der Waals surface area contributed by atoms with Gasteiger partial charge in [-0.25, -0.2) is 4.39 Å². The monoisotopic (exact) mass is 281 g/mol. The van der Waals surface area contributed by atoms with Crippen LogP contribution in [0.3, 0.4) is 0 Å². The number of nitrogens with one attached hydrogen (secondary N) is 1. The van der Waals surface area contributed by atoms with Gasteiger partial charge in [-0.15, -0.1) is 0 Å². The molecule has 6 heteroatoms. The highest BCUT2D eigenvalue weighted by atomic mass is 19.1. The molecule has 0 heterocycles. The third-order valence-corrected chi connectivity index (χ3v) is 3.28. The van der Waals surface area contributed by atoms with Gasteiger partial charge in [0.15, 0.2) is 0 Å². The fourth-order valence-electron chi connectivity index (χ4n) is 1.86. The molecule has 20 heavy (non-hydrogen) atoms. The van der Waals surface area contributed by atoms with Crippen LogP contribution < -0.4 is 16.8 Å². The zero-order chi connectivity index (χ0) is 15.4. The van der Waals surface area contributed by atoms with E-state index in [2.05, 4.69) is 5.32 Å². The topological polar surface area (TPSA) is 98.2 Å². The molecule has 0 aromatic heterocycles. The highest BCUT2D eigenvalue weighted by Gasteiger charge is 2.22. The molecule has 1 aromatic rings. The van der Waals surface area contributed by atoms with Crippen molar-refractivity contribution in [1.82, 2.24) is 0 Å². The number of hydrogen-bond acceptors (Lipinski definition) is 3. The lowest BCUT2D eigenvalue weighted by atomic mass is 9.95. The number of carbonyl (C=O) groups excluding carboxylic acids is 2. The lowest BCUT2D eigenvalue weighted by Crippen LogP contribution is -2.33. The molecule has 5 N–H and O–H groups in total. The fourth-order valence-corrected chi connectivity index (χ4v) is 1.86. The van der Waals surface area contributed by atoms with E-state index in [1.807, 2.05) is 13.8 Å². The number of primary amides is 1. The maximum Gasteiger partial charge on any atom is 0.248 e. The Kier molecular flexibility index (Phi) is 5.21. The molecule has 1 atom stereocenters. The first-order valence-corrected chi connectivity index (χ1v) is 6.38. The molecular weight excluding hydrogens is 261 g/mol. The molecule has 0 saturated carbocycles. The van der Waals surface area contributed by atoms with Gasteiger partial charge in [0.25, 0.3) is 0 Å². The Morgan fingerprint density at radius 1 is 1.35 bits per heavy atom. The molecule has 2 amide bonds. The highest BCUT2D eigenvalue weighted by Crippen LogP contribution is 2.22. The van der Waals surface area contributed by atoms with E-state index in [0.29, 0.717) is 0 Å². The van der Waals surface area contributed by atoms with Crippen LogP contribution in [0.2, 0.25) is 0 Å². The molecule has 0 aliphatic carbocycles. The average molecular weight is 281 g/mol. The Balaban J connectivity index is 3.08. The second-order valence-corrected chi connectivity index (χ2v) is 5.07. The van der Waals surface area contributed by atoms with Crippen molar-refractivity contribution in [1.29, 1.82) is 0 Å². The van der Waals surface area contributed by atoms with Gasteiger partial charge in [-0.1, -0.05) is 13.8 Å². The average Bonchev–Trinajstić information content (AvgIpc) is 2.34. The molecule has 0 bridgehead atoms. The van der Waals surface area contributed by atoms with E-state index >= 15 is 0 Å². The molecular formula is C14H20FN3O2. The van der Waals surface area contributed by atoms with E-state index in [0.717, 1.165) is 6.07 Å². The molecule has 0 aliphatic heterocycles. The smallest absolute Gasteiger partial charge is 0.248 e. The SMILES string of the molecule is Cc1c(F)cc(C(N)=O)cc1NC(=O)C(CN)C(C)C. The second-order valence-electron chi connectivity index (χ2n) is 5.07. The quantitative estimate of drug-likeness (QED) is 0.760. The largest absolute Gasteiger partial charge is 0.366 e. The summed E-state index contributed by atoms with van der Waals surface area (Å²) < 4.78 is 13.7. The van der Waals surface area contributed by atoms with Gasteiger partial charge in [-0.2, -0.15) is 0 Å². The lowest BCUT2D eigenvalue weighted by Gasteiger charge is -2.19.